The van der Waals surface area contributed by atoms with Crippen LogP contribution in [0.25, 0.3) is 11.1 Å². The van der Waals surface area contributed by atoms with Crippen molar-refractivity contribution in [3.8, 4) is 0 Å². The van der Waals surface area contributed by atoms with Crippen LogP contribution in [0.2, 0.25) is 0 Å². The Morgan fingerprint density at radius 2 is 1.73 bits per heavy atom. The van der Waals surface area contributed by atoms with Gasteiger partial charge in [-0.3, -0.25) is 9.56 Å². The molecule has 0 unspecified atom stereocenters. The lowest BCUT2D eigenvalue weighted by Gasteiger charge is -2.17. The first kappa shape index (κ1) is 18.9. The minimum Gasteiger partial charge on any atom is -0.408 e. The van der Waals surface area contributed by atoms with E-state index < -0.39 is 0 Å². The molecule has 1 aliphatic heterocycles. The van der Waals surface area contributed by atoms with E-state index in [4.69, 9.17) is 9.41 Å². The van der Waals surface area contributed by atoms with E-state index >= 15 is 0 Å². The van der Waals surface area contributed by atoms with Crippen LogP contribution in [0.15, 0.2) is 26.3 Å². The summed E-state index contributed by atoms with van der Waals surface area (Å²) in [5, 5.41) is 0. The summed E-state index contributed by atoms with van der Waals surface area (Å²) >= 11 is 0. The quantitative estimate of drug-likeness (QED) is 0.535. The first-order chi connectivity index (χ1) is 12.7. The van der Waals surface area contributed by atoms with Crippen molar-refractivity contribution in [3.05, 3.63) is 33.8 Å². The molecule has 1 aromatic carbocycles. The first-order valence-electron chi connectivity index (χ1n) is 10.4. The second-order valence-electron chi connectivity index (χ2n) is 7.56. The molecule has 0 spiro atoms. The molecule has 0 bridgehead atoms. The minimum atomic E-state index is -0.292. The smallest absolute Gasteiger partial charge is 0.408 e. The summed E-state index contributed by atoms with van der Waals surface area (Å²) in [7, 11) is 1.76. The Morgan fingerprint density at radius 3 is 2.46 bits per heavy atom. The van der Waals surface area contributed by atoms with Gasteiger partial charge in [0.05, 0.1) is 5.52 Å². The fourth-order valence-corrected chi connectivity index (χ4v) is 3.91. The largest absolute Gasteiger partial charge is 0.419 e. The fraction of sp³-hybridized carbons (Fsp3) is 0.636. The molecule has 0 amide bonds. The van der Waals surface area contributed by atoms with Crippen LogP contribution < -0.4 is 5.76 Å². The van der Waals surface area contributed by atoms with Crippen LogP contribution in [0.4, 0.5) is 0 Å². The zero-order valence-corrected chi connectivity index (χ0v) is 16.4. The summed E-state index contributed by atoms with van der Waals surface area (Å²) in [6.45, 7) is 3.12. The van der Waals surface area contributed by atoms with Crippen molar-refractivity contribution in [1.29, 1.82) is 0 Å². The van der Waals surface area contributed by atoms with Crippen molar-refractivity contribution in [2.45, 2.75) is 77.6 Å². The molecule has 4 heteroatoms. The van der Waals surface area contributed by atoms with Gasteiger partial charge in [-0.2, -0.15) is 0 Å². The highest BCUT2D eigenvalue weighted by Crippen LogP contribution is 2.25. The molecule has 0 aliphatic carbocycles. The van der Waals surface area contributed by atoms with Gasteiger partial charge in [0, 0.05) is 24.9 Å². The maximum Gasteiger partial charge on any atom is 0.419 e. The third-order valence-corrected chi connectivity index (χ3v) is 5.53. The Morgan fingerprint density at radius 1 is 1.04 bits per heavy atom. The van der Waals surface area contributed by atoms with Crippen LogP contribution in [0.5, 0.6) is 0 Å². The fourth-order valence-electron chi connectivity index (χ4n) is 3.91. The SMILES string of the molecule is CCCCCCCCCCCC1=NCCc2cc3c(cc21)oc(=O)n3C. The summed E-state index contributed by atoms with van der Waals surface area (Å²) in [5.41, 5.74) is 5.26. The van der Waals surface area contributed by atoms with Gasteiger partial charge in [0.2, 0.25) is 0 Å². The van der Waals surface area contributed by atoms with Crippen molar-refractivity contribution in [3.63, 3.8) is 0 Å². The number of hydrogen-bond donors (Lipinski definition) is 0. The van der Waals surface area contributed by atoms with E-state index in [-0.39, 0.29) is 5.76 Å². The van der Waals surface area contributed by atoms with Crippen molar-refractivity contribution in [2.24, 2.45) is 12.0 Å². The zero-order valence-electron chi connectivity index (χ0n) is 16.4. The van der Waals surface area contributed by atoms with E-state index in [0.717, 1.165) is 24.9 Å². The molecule has 2 heterocycles. The number of fused-ring (bicyclic) bond motifs is 2. The molecule has 26 heavy (non-hydrogen) atoms. The van der Waals surface area contributed by atoms with Crippen LogP contribution in [0, 0.1) is 0 Å². The average Bonchev–Trinajstić information content (AvgIpc) is 2.92. The predicted octanol–water partition coefficient (Wildman–Crippen LogP) is 5.40. The highest BCUT2D eigenvalue weighted by Gasteiger charge is 2.17. The molecule has 0 N–H and O–H groups in total. The summed E-state index contributed by atoms with van der Waals surface area (Å²) in [6.07, 6.45) is 14.0. The van der Waals surface area contributed by atoms with Gasteiger partial charge < -0.3 is 4.42 Å². The van der Waals surface area contributed by atoms with Crippen molar-refractivity contribution >= 4 is 16.8 Å². The van der Waals surface area contributed by atoms with Gasteiger partial charge in [0.15, 0.2) is 5.58 Å². The molecule has 142 valence electrons. The predicted molar refractivity (Wildman–Crippen MR) is 108 cm³/mol. The second-order valence-corrected chi connectivity index (χ2v) is 7.56. The van der Waals surface area contributed by atoms with Crippen LogP contribution >= 0.6 is 0 Å². The number of nitrogens with zero attached hydrogens (tertiary/aromatic N) is 2. The van der Waals surface area contributed by atoms with Gasteiger partial charge in [0.25, 0.3) is 0 Å². The van der Waals surface area contributed by atoms with Gasteiger partial charge in [-0.1, -0.05) is 58.3 Å². The summed E-state index contributed by atoms with van der Waals surface area (Å²) in [6, 6.07) is 4.14. The van der Waals surface area contributed by atoms with Crippen molar-refractivity contribution in [1.82, 2.24) is 4.57 Å². The maximum atomic E-state index is 11.8. The van der Waals surface area contributed by atoms with E-state index in [1.807, 2.05) is 6.07 Å². The van der Waals surface area contributed by atoms with Crippen molar-refractivity contribution in [2.75, 3.05) is 6.54 Å². The molecule has 0 atom stereocenters. The molecule has 0 saturated heterocycles. The molecule has 1 aliphatic rings. The number of oxazole rings is 1. The molecule has 4 nitrogen and oxygen atoms in total. The second kappa shape index (κ2) is 9.20. The molecule has 3 rings (SSSR count). The van der Waals surface area contributed by atoms with Gasteiger partial charge in [-0.15, -0.1) is 0 Å². The Bertz CT molecular complexity index is 813. The number of unbranched alkanes of at least 4 members (excludes halogenated alkanes) is 8. The zero-order chi connectivity index (χ0) is 18.4. The van der Waals surface area contributed by atoms with E-state index in [9.17, 15) is 4.79 Å². The molecule has 2 aromatic rings. The Balaban J connectivity index is 1.51. The maximum absolute atomic E-state index is 11.8. The van der Waals surface area contributed by atoms with Gasteiger partial charge in [-0.25, -0.2) is 4.79 Å². The summed E-state index contributed by atoms with van der Waals surface area (Å²) in [4.78, 5) is 16.5. The highest BCUT2D eigenvalue weighted by atomic mass is 16.4. The molecular weight excluding hydrogens is 324 g/mol. The number of aliphatic imine (C=N–C) groups is 1. The average molecular weight is 357 g/mol. The van der Waals surface area contributed by atoms with E-state index in [1.54, 1.807) is 11.6 Å². The van der Waals surface area contributed by atoms with E-state index in [2.05, 4.69) is 13.0 Å². The third-order valence-electron chi connectivity index (χ3n) is 5.53. The Hall–Kier alpha value is -1.84. The standard InChI is InChI=1S/C22H32N2O2/c1-3-4-5-6-7-8-9-10-11-12-19-18-16-21-20(24(2)22(25)26-21)15-17(18)13-14-23-19/h15-16H,3-14H2,1-2H3. The number of aromatic nitrogens is 1. The lowest BCUT2D eigenvalue weighted by atomic mass is 9.93. The first-order valence-corrected chi connectivity index (χ1v) is 10.4. The Labute approximate surface area is 156 Å². The van der Waals surface area contributed by atoms with Gasteiger partial charge >= 0.3 is 5.76 Å². The van der Waals surface area contributed by atoms with Gasteiger partial charge in [0.1, 0.15) is 0 Å². The summed E-state index contributed by atoms with van der Waals surface area (Å²) < 4.78 is 6.95. The lowest BCUT2D eigenvalue weighted by Crippen LogP contribution is -2.13. The number of rotatable bonds is 10. The van der Waals surface area contributed by atoms with Crippen LogP contribution in [0.1, 0.15) is 82.3 Å². The van der Waals surface area contributed by atoms with Crippen molar-refractivity contribution < 1.29 is 4.42 Å². The van der Waals surface area contributed by atoms with Crippen LogP contribution in [0.3, 0.4) is 0 Å². The molecular formula is C22H32N2O2. The molecule has 0 fully saturated rings. The van der Waals surface area contributed by atoms with E-state index in [1.165, 1.54) is 74.6 Å². The topological polar surface area (TPSA) is 47.5 Å². The number of hydrogen-bond acceptors (Lipinski definition) is 3. The number of benzene rings is 1. The minimum absolute atomic E-state index is 0.292. The summed E-state index contributed by atoms with van der Waals surface area (Å²) in [5.74, 6) is -0.292. The lowest BCUT2D eigenvalue weighted by molar-refractivity contribution is 0.528. The molecule has 1 aromatic heterocycles. The number of aryl methyl sites for hydroxylation is 1. The van der Waals surface area contributed by atoms with E-state index in [0.29, 0.717) is 5.58 Å². The Kier molecular flexibility index (Phi) is 6.70. The van der Waals surface area contributed by atoms with Crippen LogP contribution in [-0.4, -0.2) is 16.8 Å². The molecule has 0 radical (unpaired) electrons. The highest BCUT2D eigenvalue weighted by molar-refractivity contribution is 6.04. The van der Waals surface area contributed by atoms with Crippen LogP contribution in [-0.2, 0) is 13.5 Å². The van der Waals surface area contributed by atoms with Gasteiger partial charge in [-0.05, 0) is 37.0 Å². The third kappa shape index (κ3) is 4.46. The monoisotopic (exact) mass is 356 g/mol. The normalized spacial score (nSPS) is 13.8. The molecule has 0 saturated carbocycles.